The molecule has 0 amide bonds. The second-order valence-corrected chi connectivity index (χ2v) is 3.56. The summed E-state index contributed by atoms with van der Waals surface area (Å²) < 4.78 is 0. The van der Waals surface area contributed by atoms with Crippen LogP contribution in [0.4, 0.5) is 0 Å². The van der Waals surface area contributed by atoms with E-state index >= 15 is 0 Å². The largest absolute Gasteiger partial charge is 0.316 e. The Morgan fingerprint density at radius 3 is 2.83 bits per heavy atom. The molecule has 1 rings (SSSR count). The number of nitrogens with zero attached hydrogens (tertiary/aromatic N) is 1. The van der Waals surface area contributed by atoms with Crippen LogP contribution in [0.1, 0.15) is 13.3 Å². The molecular weight excluding hydrogens is 150 g/mol. The van der Waals surface area contributed by atoms with Crippen LogP contribution in [0.3, 0.4) is 0 Å². The lowest BCUT2D eigenvalue weighted by Crippen LogP contribution is -2.36. The van der Waals surface area contributed by atoms with Crippen molar-refractivity contribution in [2.75, 3.05) is 39.8 Å². The number of likely N-dealkylation sites (N-methyl/N-ethyl adjacent to an activating group) is 2. The molecule has 1 aliphatic heterocycles. The van der Waals surface area contributed by atoms with E-state index in [1.54, 1.807) is 0 Å². The van der Waals surface area contributed by atoms with E-state index < -0.39 is 0 Å². The summed E-state index contributed by atoms with van der Waals surface area (Å²) in [6, 6.07) is 0.730. The zero-order valence-corrected chi connectivity index (χ0v) is 8.27. The normalized spacial score (nSPS) is 25.0. The van der Waals surface area contributed by atoms with Crippen molar-refractivity contribution < 1.29 is 0 Å². The summed E-state index contributed by atoms with van der Waals surface area (Å²) in [6.45, 7) is 7.88. The number of nitrogens with one attached hydrogen (secondary N) is 2. The van der Waals surface area contributed by atoms with Crippen LogP contribution in [0.15, 0.2) is 0 Å². The van der Waals surface area contributed by atoms with Gasteiger partial charge in [0.2, 0.25) is 0 Å². The Balaban J connectivity index is 1.93. The summed E-state index contributed by atoms with van der Waals surface area (Å²) in [5.41, 5.74) is 0. The lowest BCUT2D eigenvalue weighted by atomic mass is 10.2. The van der Waals surface area contributed by atoms with Gasteiger partial charge >= 0.3 is 0 Å². The maximum atomic E-state index is 3.54. The minimum absolute atomic E-state index is 0.730. The van der Waals surface area contributed by atoms with Gasteiger partial charge in [-0.15, -0.1) is 0 Å². The van der Waals surface area contributed by atoms with Crippen molar-refractivity contribution in [2.24, 2.45) is 0 Å². The molecule has 1 fully saturated rings. The zero-order chi connectivity index (χ0) is 8.81. The second kappa shape index (κ2) is 5.51. The van der Waals surface area contributed by atoms with Gasteiger partial charge in [-0.25, -0.2) is 0 Å². The van der Waals surface area contributed by atoms with Crippen molar-refractivity contribution >= 4 is 0 Å². The maximum Gasteiger partial charge on any atom is 0.0207 e. The van der Waals surface area contributed by atoms with E-state index in [9.17, 15) is 0 Å². The third-order valence-corrected chi connectivity index (χ3v) is 2.38. The number of hydrogen-bond donors (Lipinski definition) is 2. The molecule has 12 heavy (non-hydrogen) atoms. The van der Waals surface area contributed by atoms with Gasteiger partial charge < -0.3 is 15.5 Å². The van der Waals surface area contributed by atoms with Gasteiger partial charge in [-0.05, 0) is 26.6 Å². The fraction of sp³-hybridized carbons (Fsp3) is 1.00. The predicted octanol–water partition coefficient (Wildman–Crippen LogP) is -0.110. The molecule has 2 N–H and O–H groups in total. The lowest BCUT2D eigenvalue weighted by molar-refractivity contribution is 0.398. The molecule has 1 heterocycles. The van der Waals surface area contributed by atoms with E-state index in [0.29, 0.717) is 0 Å². The van der Waals surface area contributed by atoms with Crippen LogP contribution in [-0.4, -0.2) is 50.7 Å². The van der Waals surface area contributed by atoms with Crippen LogP contribution >= 0.6 is 0 Å². The summed E-state index contributed by atoms with van der Waals surface area (Å²) in [6.07, 6.45) is 1.31. The summed E-state index contributed by atoms with van der Waals surface area (Å²) in [4.78, 5) is 2.38. The van der Waals surface area contributed by atoms with Crippen LogP contribution in [-0.2, 0) is 0 Å². The monoisotopic (exact) mass is 171 g/mol. The van der Waals surface area contributed by atoms with E-state index in [1.165, 1.54) is 19.5 Å². The molecule has 1 atom stereocenters. The van der Waals surface area contributed by atoms with E-state index in [0.717, 1.165) is 25.7 Å². The SMILES string of the molecule is CCNCCNC1CCN(C)C1. The minimum Gasteiger partial charge on any atom is -0.316 e. The van der Waals surface area contributed by atoms with Crippen molar-refractivity contribution in [3.8, 4) is 0 Å². The maximum absolute atomic E-state index is 3.54. The molecule has 0 aromatic carbocycles. The van der Waals surface area contributed by atoms with Crippen molar-refractivity contribution in [2.45, 2.75) is 19.4 Å². The molecule has 0 aromatic rings. The summed E-state index contributed by atoms with van der Waals surface area (Å²) in [7, 11) is 2.19. The highest BCUT2D eigenvalue weighted by Crippen LogP contribution is 2.04. The average molecular weight is 171 g/mol. The first-order chi connectivity index (χ1) is 5.83. The molecule has 0 aromatic heterocycles. The number of rotatable bonds is 5. The Morgan fingerprint density at radius 1 is 1.42 bits per heavy atom. The highest BCUT2D eigenvalue weighted by Gasteiger charge is 2.17. The Labute approximate surface area is 75.5 Å². The topological polar surface area (TPSA) is 27.3 Å². The van der Waals surface area contributed by atoms with E-state index in [1.807, 2.05) is 0 Å². The molecule has 0 bridgehead atoms. The van der Waals surface area contributed by atoms with Crippen molar-refractivity contribution in [1.29, 1.82) is 0 Å². The molecule has 0 radical (unpaired) electrons. The van der Waals surface area contributed by atoms with Crippen molar-refractivity contribution in [3.05, 3.63) is 0 Å². The average Bonchev–Trinajstić information content (AvgIpc) is 2.45. The van der Waals surface area contributed by atoms with E-state index in [4.69, 9.17) is 0 Å². The fourth-order valence-corrected chi connectivity index (χ4v) is 1.64. The van der Waals surface area contributed by atoms with Crippen LogP contribution < -0.4 is 10.6 Å². The third kappa shape index (κ3) is 3.52. The van der Waals surface area contributed by atoms with Gasteiger partial charge in [-0.2, -0.15) is 0 Å². The summed E-state index contributed by atoms with van der Waals surface area (Å²) in [5, 5.41) is 6.85. The Bertz CT molecular complexity index is 116. The van der Waals surface area contributed by atoms with Gasteiger partial charge in [-0.3, -0.25) is 0 Å². The Hall–Kier alpha value is -0.120. The van der Waals surface area contributed by atoms with E-state index in [2.05, 4.69) is 29.5 Å². The van der Waals surface area contributed by atoms with E-state index in [-0.39, 0.29) is 0 Å². The van der Waals surface area contributed by atoms with Gasteiger partial charge in [0.1, 0.15) is 0 Å². The molecule has 1 saturated heterocycles. The molecular formula is C9H21N3. The Morgan fingerprint density at radius 2 is 2.25 bits per heavy atom. The van der Waals surface area contributed by atoms with Gasteiger partial charge in [0.25, 0.3) is 0 Å². The van der Waals surface area contributed by atoms with Crippen LogP contribution in [0.25, 0.3) is 0 Å². The highest BCUT2D eigenvalue weighted by molar-refractivity contribution is 4.78. The first-order valence-electron chi connectivity index (χ1n) is 4.95. The van der Waals surface area contributed by atoms with Gasteiger partial charge in [0.05, 0.1) is 0 Å². The number of likely N-dealkylation sites (tertiary alicyclic amines) is 1. The molecule has 3 heteroatoms. The quantitative estimate of drug-likeness (QED) is 0.565. The molecule has 1 unspecified atom stereocenters. The molecule has 72 valence electrons. The lowest BCUT2D eigenvalue weighted by Gasteiger charge is -2.12. The second-order valence-electron chi connectivity index (χ2n) is 3.56. The third-order valence-electron chi connectivity index (χ3n) is 2.38. The molecule has 0 saturated carbocycles. The standard InChI is InChI=1S/C9H21N3/c1-3-10-5-6-11-9-4-7-12(2)8-9/h9-11H,3-8H2,1-2H3. The smallest absolute Gasteiger partial charge is 0.0207 e. The first kappa shape index (κ1) is 9.96. The predicted molar refractivity (Wildman–Crippen MR) is 52.4 cm³/mol. The van der Waals surface area contributed by atoms with Crippen molar-refractivity contribution in [3.63, 3.8) is 0 Å². The first-order valence-corrected chi connectivity index (χ1v) is 4.95. The Kier molecular flexibility index (Phi) is 4.58. The highest BCUT2D eigenvalue weighted by atomic mass is 15.2. The summed E-state index contributed by atoms with van der Waals surface area (Å²) >= 11 is 0. The fourth-order valence-electron chi connectivity index (χ4n) is 1.64. The number of hydrogen-bond acceptors (Lipinski definition) is 3. The van der Waals surface area contributed by atoms with Gasteiger partial charge in [0.15, 0.2) is 0 Å². The zero-order valence-electron chi connectivity index (χ0n) is 8.27. The van der Waals surface area contributed by atoms with Gasteiger partial charge in [-0.1, -0.05) is 6.92 Å². The molecule has 0 aliphatic carbocycles. The van der Waals surface area contributed by atoms with Crippen LogP contribution in [0.2, 0.25) is 0 Å². The summed E-state index contributed by atoms with van der Waals surface area (Å²) in [5.74, 6) is 0. The minimum atomic E-state index is 0.730. The molecule has 0 spiro atoms. The molecule has 3 nitrogen and oxygen atoms in total. The van der Waals surface area contributed by atoms with Crippen molar-refractivity contribution in [1.82, 2.24) is 15.5 Å². The molecule has 1 aliphatic rings. The van der Waals surface area contributed by atoms with Crippen LogP contribution in [0.5, 0.6) is 0 Å². The van der Waals surface area contributed by atoms with Crippen LogP contribution in [0, 0.1) is 0 Å². The van der Waals surface area contributed by atoms with Gasteiger partial charge in [0, 0.05) is 25.7 Å².